The summed E-state index contributed by atoms with van der Waals surface area (Å²) in [4.78, 5) is 13.6. The number of rotatable bonds is 5. The van der Waals surface area contributed by atoms with Gasteiger partial charge in [-0.1, -0.05) is 45.7 Å². The molecule has 1 unspecified atom stereocenters. The first-order chi connectivity index (χ1) is 13.3. The van der Waals surface area contributed by atoms with E-state index in [-0.39, 0.29) is 11.7 Å². The number of hydrogen-bond donors (Lipinski definition) is 1. The van der Waals surface area contributed by atoms with Gasteiger partial charge in [-0.3, -0.25) is 4.79 Å². The molecule has 1 atom stereocenters. The lowest BCUT2D eigenvalue weighted by atomic mass is 9.91. The van der Waals surface area contributed by atoms with Crippen LogP contribution in [0.4, 0.5) is 4.39 Å². The molecule has 154 valence electrons. The van der Waals surface area contributed by atoms with Gasteiger partial charge in [-0.2, -0.15) is 0 Å². The molecule has 0 spiro atoms. The molecular formula is C23H33FNOPS. The molecule has 2 N–H and O–H groups in total. The second-order valence-electron chi connectivity index (χ2n) is 7.89. The number of halogens is 1. The lowest BCUT2D eigenvalue weighted by Gasteiger charge is -2.35. The van der Waals surface area contributed by atoms with E-state index in [0.29, 0.717) is 10.5 Å². The smallest absolute Gasteiger partial charge is 0.259 e. The maximum atomic E-state index is 13.2. The molecule has 0 saturated heterocycles. The second-order valence-corrected chi connectivity index (χ2v) is 12.9. The number of benzene rings is 1. The first kappa shape index (κ1) is 22.9. The highest BCUT2D eigenvalue weighted by atomic mass is 32.1. The number of carbonyl (C=O) groups is 1. The highest BCUT2D eigenvalue weighted by molar-refractivity contribution is 7.73. The van der Waals surface area contributed by atoms with Crippen LogP contribution >= 0.6 is 18.2 Å². The fraction of sp³-hybridized carbons (Fsp3) is 0.478. The normalized spacial score (nSPS) is 21.3. The van der Waals surface area contributed by atoms with Crippen LogP contribution in [0.5, 0.6) is 0 Å². The van der Waals surface area contributed by atoms with Crippen molar-refractivity contribution in [1.82, 2.24) is 0 Å². The van der Waals surface area contributed by atoms with Crippen molar-refractivity contribution >= 4 is 30.4 Å². The minimum absolute atomic E-state index is 0.261. The quantitative estimate of drug-likeness (QED) is 0.528. The van der Waals surface area contributed by atoms with Crippen molar-refractivity contribution in [3.8, 4) is 10.4 Å². The van der Waals surface area contributed by atoms with Gasteiger partial charge in [0.05, 0.1) is 4.88 Å². The Morgan fingerprint density at radius 1 is 1.21 bits per heavy atom. The fourth-order valence-corrected chi connectivity index (χ4v) is 7.87. The molecule has 1 heterocycles. The van der Waals surface area contributed by atoms with Gasteiger partial charge in [0, 0.05) is 4.88 Å². The third kappa shape index (κ3) is 5.58. The number of primary amides is 1. The van der Waals surface area contributed by atoms with Gasteiger partial charge in [0.25, 0.3) is 5.91 Å². The maximum Gasteiger partial charge on any atom is 0.259 e. The Morgan fingerprint density at radius 2 is 1.79 bits per heavy atom. The van der Waals surface area contributed by atoms with Gasteiger partial charge in [-0.25, -0.2) is 4.39 Å². The van der Waals surface area contributed by atoms with Gasteiger partial charge in [0.2, 0.25) is 0 Å². The third-order valence-corrected chi connectivity index (χ3v) is 10.1. The van der Waals surface area contributed by atoms with Crippen LogP contribution in [0.1, 0.15) is 61.7 Å². The van der Waals surface area contributed by atoms with E-state index in [9.17, 15) is 9.18 Å². The van der Waals surface area contributed by atoms with Crippen LogP contribution in [0.25, 0.3) is 10.4 Å². The summed E-state index contributed by atoms with van der Waals surface area (Å²) in [5.74, 6) is 0.178. The van der Waals surface area contributed by atoms with Crippen molar-refractivity contribution in [2.45, 2.75) is 58.3 Å². The van der Waals surface area contributed by atoms with Crippen molar-refractivity contribution in [2.24, 2.45) is 11.7 Å². The lowest BCUT2D eigenvalue weighted by molar-refractivity contribution is 0.100. The van der Waals surface area contributed by atoms with E-state index in [1.54, 1.807) is 12.1 Å². The molecule has 28 heavy (non-hydrogen) atoms. The van der Waals surface area contributed by atoms with Crippen LogP contribution in [0.3, 0.4) is 0 Å². The monoisotopic (exact) mass is 421 g/mol. The molecule has 0 aliphatic heterocycles. The second kappa shape index (κ2) is 9.89. The van der Waals surface area contributed by atoms with Crippen LogP contribution in [0.15, 0.2) is 30.3 Å². The third-order valence-electron chi connectivity index (χ3n) is 5.56. The number of carbonyl (C=O) groups excluding carboxylic acids is 1. The van der Waals surface area contributed by atoms with Crippen molar-refractivity contribution in [1.29, 1.82) is 0 Å². The Labute approximate surface area is 173 Å². The Bertz CT molecular complexity index is 835. The molecule has 3 rings (SSSR count). The minimum atomic E-state index is -1.43. The van der Waals surface area contributed by atoms with E-state index in [1.807, 2.05) is 13.8 Å². The Morgan fingerprint density at radius 3 is 2.32 bits per heavy atom. The molecule has 1 fully saturated rings. The van der Waals surface area contributed by atoms with Crippen LogP contribution < -0.4 is 5.73 Å². The van der Waals surface area contributed by atoms with E-state index in [1.165, 1.54) is 49.2 Å². The molecule has 0 radical (unpaired) electrons. The van der Waals surface area contributed by atoms with Crippen molar-refractivity contribution in [3.63, 3.8) is 0 Å². The van der Waals surface area contributed by atoms with Gasteiger partial charge >= 0.3 is 0 Å². The van der Waals surface area contributed by atoms with Gasteiger partial charge < -0.3 is 5.73 Å². The Balaban J connectivity index is 0.00000136. The zero-order chi connectivity index (χ0) is 20.9. The summed E-state index contributed by atoms with van der Waals surface area (Å²) in [6.45, 7) is 7.21. The summed E-state index contributed by atoms with van der Waals surface area (Å²) in [6.07, 6.45) is 10.5. The maximum absolute atomic E-state index is 13.2. The first-order valence-electron chi connectivity index (χ1n) is 10.1. The summed E-state index contributed by atoms with van der Waals surface area (Å²) < 4.78 is 13.2. The van der Waals surface area contributed by atoms with Crippen LogP contribution in [-0.4, -0.2) is 24.5 Å². The molecule has 1 aliphatic rings. The van der Waals surface area contributed by atoms with Crippen LogP contribution in [0, 0.1) is 11.7 Å². The predicted octanol–water partition coefficient (Wildman–Crippen LogP) is 6.84. The molecule has 5 heteroatoms. The summed E-state index contributed by atoms with van der Waals surface area (Å²) in [5, 5.41) is 0. The Hall–Kier alpha value is -1.38. The molecule has 2 nitrogen and oxygen atoms in total. The van der Waals surface area contributed by atoms with Crippen LogP contribution in [0.2, 0.25) is 0 Å². The highest BCUT2D eigenvalue weighted by Gasteiger charge is 2.28. The molecule has 1 aromatic carbocycles. The molecule has 0 bridgehead atoms. The average Bonchev–Trinajstić information content (AvgIpc) is 3.07. The van der Waals surface area contributed by atoms with E-state index in [2.05, 4.69) is 26.0 Å². The summed E-state index contributed by atoms with van der Waals surface area (Å²) in [7, 11) is 0. The number of thiophene rings is 1. The van der Waals surface area contributed by atoms with Crippen molar-refractivity contribution in [3.05, 3.63) is 46.6 Å². The lowest BCUT2D eigenvalue weighted by Crippen LogP contribution is -2.19. The first-order valence-corrected chi connectivity index (χ1v) is 13.6. The summed E-state index contributed by atoms with van der Waals surface area (Å²) >= 11 is 1.41. The van der Waals surface area contributed by atoms with Crippen LogP contribution in [-0.2, 0) is 6.16 Å². The molecule has 1 aromatic heterocycles. The van der Waals surface area contributed by atoms with E-state index in [0.717, 1.165) is 28.1 Å². The largest absolute Gasteiger partial charge is 0.365 e. The van der Waals surface area contributed by atoms with Gasteiger partial charge in [0.1, 0.15) is 5.82 Å². The van der Waals surface area contributed by atoms with Gasteiger partial charge in [-0.05, 0) is 66.6 Å². The molecular weight excluding hydrogens is 388 g/mol. The SMILES string of the molecule is C=P(C)(Cc1cc(-c2ccc(F)cc2)sc1C(N)=O)C1CCC(C)CC1.CC. The molecule has 1 aliphatic carbocycles. The zero-order valence-electron chi connectivity index (χ0n) is 17.5. The van der Waals surface area contributed by atoms with Gasteiger partial charge in [-0.15, -0.1) is 24.5 Å². The standard InChI is InChI=1S/C21H27FNOPS.C2H6/c1-14-4-10-18(11-5-14)25(2,3)13-16-12-19(26-20(16)21(23)24)15-6-8-17(22)9-7-15;1-2/h6-9,12,14,18H,2,4-5,10-11,13H2,1,3H3,(H2,23,24);1-2H3. The highest BCUT2D eigenvalue weighted by Crippen LogP contribution is 2.56. The average molecular weight is 422 g/mol. The van der Waals surface area contributed by atoms with E-state index in [4.69, 9.17) is 5.73 Å². The molecule has 1 amide bonds. The number of amides is 1. The predicted molar refractivity (Wildman–Crippen MR) is 125 cm³/mol. The van der Waals surface area contributed by atoms with Crippen molar-refractivity contribution < 1.29 is 9.18 Å². The number of hydrogen-bond acceptors (Lipinski definition) is 2. The van der Waals surface area contributed by atoms with Crippen molar-refractivity contribution in [2.75, 3.05) is 6.66 Å². The topological polar surface area (TPSA) is 43.1 Å². The Kier molecular flexibility index (Phi) is 8.09. The fourth-order valence-electron chi connectivity index (χ4n) is 3.90. The number of nitrogens with two attached hydrogens (primary N) is 1. The molecule has 1 saturated carbocycles. The zero-order valence-corrected chi connectivity index (χ0v) is 19.2. The minimum Gasteiger partial charge on any atom is -0.365 e. The van der Waals surface area contributed by atoms with Gasteiger partial charge in [0.15, 0.2) is 0 Å². The van der Waals surface area contributed by atoms with E-state index >= 15 is 0 Å². The summed E-state index contributed by atoms with van der Waals surface area (Å²) in [5.41, 5.74) is 8.26. The summed E-state index contributed by atoms with van der Waals surface area (Å²) in [6, 6.07) is 8.45. The van der Waals surface area contributed by atoms with E-state index < -0.39 is 6.89 Å². The molecule has 2 aromatic rings.